The Kier molecular flexibility index (Phi) is 7.61. The standard InChI is InChI=1S/C18H37N3O/c1-16-7-12-21(13-8-16)15-18(22)14-19(2)11-9-17-6-4-5-10-20(17)3/h16-18,22H,4-15H2,1-3H3. The fourth-order valence-corrected chi connectivity index (χ4v) is 3.93. The van der Waals surface area contributed by atoms with Gasteiger partial charge >= 0.3 is 0 Å². The maximum atomic E-state index is 10.3. The predicted octanol–water partition coefficient (Wildman–Crippen LogP) is 1.89. The van der Waals surface area contributed by atoms with Crippen molar-refractivity contribution in [1.29, 1.82) is 0 Å². The van der Waals surface area contributed by atoms with Gasteiger partial charge in [-0.15, -0.1) is 0 Å². The Morgan fingerprint density at radius 1 is 1.14 bits per heavy atom. The first-order chi connectivity index (χ1) is 10.5. The highest BCUT2D eigenvalue weighted by Gasteiger charge is 2.21. The van der Waals surface area contributed by atoms with E-state index in [9.17, 15) is 5.11 Å². The van der Waals surface area contributed by atoms with Gasteiger partial charge in [0, 0.05) is 19.1 Å². The van der Waals surface area contributed by atoms with Gasteiger partial charge in [0.25, 0.3) is 0 Å². The van der Waals surface area contributed by atoms with Crippen molar-refractivity contribution in [3.63, 3.8) is 0 Å². The molecule has 2 aliphatic rings. The number of rotatable bonds is 7. The molecule has 2 aliphatic heterocycles. The molecule has 0 saturated carbocycles. The van der Waals surface area contributed by atoms with E-state index in [2.05, 4.69) is 35.7 Å². The molecule has 2 saturated heterocycles. The third-order valence-electron chi connectivity index (χ3n) is 5.63. The van der Waals surface area contributed by atoms with E-state index >= 15 is 0 Å². The molecule has 0 aromatic heterocycles. The van der Waals surface area contributed by atoms with Gasteiger partial charge in [0.1, 0.15) is 0 Å². The second kappa shape index (κ2) is 9.21. The van der Waals surface area contributed by atoms with Crippen LogP contribution in [0, 0.1) is 5.92 Å². The van der Waals surface area contributed by atoms with Crippen LogP contribution < -0.4 is 0 Å². The number of hydrogen-bond acceptors (Lipinski definition) is 4. The fraction of sp³-hybridized carbons (Fsp3) is 1.00. The number of hydrogen-bond donors (Lipinski definition) is 1. The van der Waals surface area contributed by atoms with Gasteiger partial charge in [-0.25, -0.2) is 0 Å². The lowest BCUT2D eigenvalue weighted by Gasteiger charge is -2.34. The van der Waals surface area contributed by atoms with Crippen LogP contribution in [0.2, 0.25) is 0 Å². The molecule has 0 aliphatic carbocycles. The monoisotopic (exact) mass is 311 g/mol. The van der Waals surface area contributed by atoms with Gasteiger partial charge in [-0.1, -0.05) is 13.3 Å². The van der Waals surface area contributed by atoms with E-state index in [1.807, 2.05) is 0 Å². The zero-order valence-electron chi connectivity index (χ0n) is 15.0. The molecule has 4 nitrogen and oxygen atoms in total. The van der Waals surface area contributed by atoms with Gasteiger partial charge in [-0.2, -0.15) is 0 Å². The van der Waals surface area contributed by atoms with Crippen LogP contribution in [0.4, 0.5) is 0 Å². The maximum absolute atomic E-state index is 10.3. The molecule has 2 rings (SSSR count). The SMILES string of the molecule is CC1CCN(CC(O)CN(C)CCC2CCCCN2C)CC1. The second-order valence-electron chi connectivity index (χ2n) is 7.82. The zero-order chi connectivity index (χ0) is 15.9. The molecule has 0 amide bonds. The summed E-state index contributed by atoms with van der Waals surface area (Å²) in [6, 6.07) is 0.747. The molecular formula is C18H37N3O. The zero-order valence-corrected chi connectivity index (χ0v) is 15.0. The summed E-state index contributed by atoms with van der Waals surface area (Å²) in [5.41, 5.74) is 0. The Labute approximate surface area is 137 Å². The Hall–Kier alpha value is -0.160. The summed E-state index contributed by atoms with van der Waals surface area (Å²) in [4.78, 5) is 7.27. The number of aliphatic hydroxyl groups is 1. The summed E-state index contributed by atoms with van der Waals surface area (Å²) >= 11 is 0. The van der Waals surface area contributed by atoms with Crippen molar-refractivity contribution >= 4 is 0 Å². The summed E-state index contributed by atoms with van der Waals surface area (Å²) in [5, 5.41) is 10.3. The van der Waals surface area contributed by atoms with Gasteiger partial charge in [-0.3, -0.25) is 0 Å². The summed E-state index contributed by atoms with van der Waals surface area (Å²) in [7, 11) is 4.42. The smallest absolute Gasteiger partial charge is 0.0793 e. The number of β-amino-alcohol motifs (C(OH)–C–C–N with tert-alkyl or cyclic N) is 1. The third kappa shape index (κ3) is 6.15. The van der Waals surface area contributed by atoms with E-state index in [-0.39, 0.29) is 6.10 Å². The first-order valence-electron chi connectivity index (χ1n) is 9.34. The molecule has 0 aromatic carbocycles. The van der Waals surface area contributed by atoms with Gasteiger partial charge in [-0.05, 0) is 78.3 Å². The van der Waals surface area contributed by atoms with Gasteiger partial charge < -0.3 is 19.8 Å². The Morgan fingerprint density at radius 2 is 1.86 bits per heavy atom. The van der Waals surface area contributed by atoms with Gasteiger partial charge in [0.05, 0.1) is 6.10 Å². The quantitative estimate of drug-likeness (QED) is 0.778. The Morgan fingerprint density at radius 3 is 2.55 bits per heavy atom. The summed E-state index contributed by atoms with van der Waals surface area (Å²) < 4.78 is 0. The molecule has 2 fully saturated rings. The van der Waals surface area contributed by atoms with Gasteiger partial charge in [0.15, 0.2) is 0 Å². The summed E-state index contributed by atoms with van der Waals surface area (Å²) in [5.74, 6) is 0.864. The highest BCUT2D eigenvalue weighted by Crippen LogP contribution is 2.18. The third-order valence-corrected chi connectivity index (χ3v) is 5.63. The van der Waals surface area contributed by atoms with E-state index in [4.69, 9.17) is 0 Å². The van der Waals surface area contributed by atoms with Gasteiger partial charge in [0.2, 0.25) is 0 Å². The van der Waals surface area contributed by atoms with Crippen LogP contribution in [0.5, 0.6) is 0 Å². The number of nitrogens with zero attached hydrogens (tertiary/aromatic N) is 3. The Bertz CT molecular complexity index is 305. The van der Waals surface area contributed by atoms with Crippen LogP contribution in [0.25, 0.3) is 0 Å². The average Bonchev–Trinajstić information content (AvgIpc) is 2.49. The molecule has 0 spiro atoms. The van der Waals surface area contributed by atoms with Crippen molar-refractivity contribution in [3.05, 3.63) is 0 Å². The maximum Gasteiger partial charge on any atom is 0.0793 e. The van der Waals surface area contributed by atoms with E-state index in [1.54, 1.807) is 0 Å². The van der Waals surface area contributed by atoms with Crippen LogP contribution in [0.3, 0.4) is 0 Å². The minimum absolute atomic E-state index is 0.206. The molecule has 0 aromatic rings. The van der Waals surface area contributed by atoms with Crippen LogP contribution in [-0.2, 0) is 0 Å². The summed E-state index contributed by atoms with van der Waals surface area (Å²) in [6.45, 7) is 8.67. The van der Waals surface area contributed by atoms with Crippen molar-refractivity contribution in [2.24, 2.45) is 5.92 Å². The summed E-state index contributed by atoms with van der Waals surface area (Å²) in [6.07, 6.45) is 7.69. The minimum Gasteiger partial charge on any atom is -0.390 e. The highest BCUT2D eigenvalue weighted by molar-refractivity contribution is 4.77. The predicted molar refractivity (Wildman–Crippen MR) is 93.2 cm³/mol. The van der Waals surface area contributed by atoms with E-state index in [0.717, 1.165) is 44.7 Å². The van der Waals surface area contributed by atoms with Crippen molar-refractivity contribution in [2.75, 3.05) is 53.4 Å². The van der Waals surface area contributed by atoms with Crippen LogP contribution in [0.15, 0.2) is 0 Å². The van der Waals surface area contributed by atoms with Crippen molar-refractivity contribution in [2.45, 2.75) is 57.6 Å². The lowest BCUT2D eigenvalue weighted by Crippen LogP contribution is -2.43. The second-order valence-corrected chi connectivity index (χ2v) is 7.82. The highest BCUT2D eigenvalue weighted by atomic mass is 16.3. The molecule has 22 heavy (non-hydrogen) atoms. The molecular weight excluding hydrogens is 274 g/mol. The number of aliphatic hydroxyl groups excluding tert-OH is 1. The molecule has 2 unspecified atom stereocenters. The molecule has 2 atom stereocenters. The van der Waals surface area contributed by atoms with Crippen LogP contribution in [-0.4, -0.2) is 85.3 Å². The van der Waals surface area contributed by atoms with Crippen molar-refractivity contribution in [3.8, 4) is 0 Å². The lowest BCUT2D eigenvalue weighted by atomic mass is 9.99. The lowest BCUT2D eigenvalue weighted by molar-refractivity contribution is 0.0643. The molecule has 0 bridgehead atoms. The molecule has 2 heterocycles. The normalized spacial score (nSPS) is 27.4. The van der Waals surface area contributed by atoms with Crippen LogP contribution in [0.1, 0.15) is 45.4 Å². The number of likely N-dealkylation sites (N-methyl/N-ethyl adjacent to an activating group) is 1. The molecule has 0 radical (unpaired) electrons. The fourth-order valence-electron chi connectivity index (χ4n) is 3.93. The molecule has 4 heteroatoms. The Balaban J connectivity index is 1.60. The molecule has 1 N–H and O–H groups in total. The van der Waals surface area contributed by atoms with Crippen LogP contribution >= 0.6 is 0 Å². The number of likely N-dealkylation sites (tertiary alicyclic amines) is 2. The topological polar surface area (TPSA) is 30.0 Å². The molecule has 130 valence electrons. The minimum atomic E-state index is -0.206. The van der Waals surface area contributed by atoms with Crippen molar-refractivity contribution in [1.82, 2.24) is 14.7 Å². The van der Waals surface area contributed by atoms with E-state index in [0.29, 0.717) is 0 Å². The average molecular weight is 312 g/mol. The first kappa shape index (κ1) is 18.2. The van der Waals surface area contributed by atoms with E-state index in [1.165, 1.54) is 45.1 Å². The largest absolute Gasteiger partial charge is 0.390 e. The number of piperidine rings is 2. The first-order valence-corrected chi connectivity index (χ1v) is 9.34. The van der Waals surface area contributed by atoms with E-state index < -0.39 is 0 Å². The van der Waals surface area contributed by atoms with Crippen molar-refractivity contribution < 1.29 is 5.11 Å².